The number of nitrogens with one attached hydrogen (secondary N) is 1. The van der Waals surface area contributed by atoms with Crippen molar-refractivity contribution in [3.05, 3.63) is 51.8 Å². The summed E-state index contributed by atoms with van der Waals surface area (Å²) in [5, 5.41) is 3.18. The van der Waals surface area contributed by atoms with Crippen LogP contribution in [0, 0.1) is 0 Å². The van der Waals surface area contributed by atoms with Crippen LogP contribution >= 0.6 is 11.3 Å². The number of hydrogen-bond donors (Lipinski definition) is 1. The van der Waals surface area contributed by atoms with Gasteiger partial charge in [0.25, 0.3) is 0 Å². The highest BCUT2D eigenvalue weighted by atomic mass is 32.1. The second-order valence-corrected chi connectivity index (χ2v) is 6.82. The fourth-order valence-electron chi connectivity index (χ4n) is 3.27. The SMILES string of the molecule is COc1cccc2c3c([nH]c12)CCN(C(=O)Cc1cccs1)C3. The van der Waals surface area contributed by atoms with E-state index >= 15 is 0 Å². The molecule has 1 N–H and O–H groups in total. The van der Waals surface area contributed by atoms with Crippen molar-refractivity contribution in [3.63, 3.8) is 0 Å². The number of nitrogens with zero attached hydrogens (tertiary/aromatic N) is 1. The molecule has 2 aromatic heterocycles. The van der Waals surface area contributed by atoms with E-state index in [0.717, 1.165) is 34.5 Å². The van der Waals surface area contributed by atoms with Gasteiger partial charge in [0.1, 0.15) is 5.75 Å². The summed E-state index contributed by atoms with van der Waals surface area (Å²) in [5.41, 5.74) is 3.49. The van der Waals surface area contributed by atoms with E-state index in [2.05, 4.69) is 11.1 Å². The van der Waals surface area contributed by atoms with E-state index in [-0.39, 0.29) is 5.91 Å². The number of hydrogen-bond acceptors (Lipinski definition) is 3. The average Bonchev–Trinajstić information content (AvgIpc) is 3.21. The van der Waals surface area contributed by atoms with Gasteiger partial charge in [-0.25, -0.2) is 0 Å². The van der Waals surface area contributed by atoms with Crippen molar-refractivity contribution in [1.82, 2.24) is 9.88 Å². The van der Waals surface area contributed by atoms with Gasteiger partial charge in [-0.05, 0) is 17.5 Å². The fraction of sp³-hybridized carbons (Fsp3) is 0.278. The standard InChI is InChI=1S/C18H18N2O2S/c1-22-16-6-2-5-13-14-11-20(8-7-15(14)19-18(13)16)17(21)10-12-4-3-9-23-12/h2-6,9,19H,7-8,10-11H2,1H3. The Hall–Kier alpha value is -2.27. The maximum absolute atomic E-state index is 12.6. The second kappa shape index (κ2) is 5.74. The van der Waals surface area contributed by atoms with Crippen molar-refractivity contribution in [2.45, 2.75) is 19.4 Å². The smallest absolute Gasteiger partial charge is 0.228 e. The first kappa shape index (κ1) is 14.3. The normalized spacial score (nSPS) is 14.0. The summed E-state index contributed by atoms with van der Waals surface area (Å²) in [6.07, 6.45) is 1.36. The molecule has 1 amide bonds. The van der Waals surface area contributed by atoms with E-state index in [1.807, 2.05) is 34.5 Å². The minimum atomic E-state index is 0.204. The monoisotopic (exact) mass is 326 g/mol. The third-order valence-electron chi connectivity index (χ3n) is 4.45. The highest BCUT2D eigenvalue weighted by Crippen LogP contribution is 2.33. The molecule has 0 aliphatic carbocycles. The Morgan fingerprint density at radius 2 is 2.26 bits per heavy atom. The Bertz CT molecular complexity index is 851. The van der Waals surface area contributed by atoms with Crippen LogP contribution in [-0.4, -0.2) is 29.4 Å². The van der Waals surface area contributed by atoms with Gasteiger partial charge >= 0.3 is 0 Å². The van der Waals surface area contributed by atoms with E-state index in [0.29, 0.717) is 13.0 Å². The highest BCUT2D eigenvalue weighted by Gasteiger charge is 2.25. The Morgan fingerprint density at radius 1 is 1.35 bits per heavy atom. The van der Waals surface area contributed by atoms with Crippen LogP contribution in [0.2, 0.25) is 0 Å². The molecule has 0 saturated heterocycles. The fourth-order valence-corrected chi connectivity index (χ4v) is 3.96. The number of para-hydroxylation sites is 1. The van der Waals surface area contributed by atoms with Gasteiger partial charge in [0.05, 0.1) is 19.0 Å². The molecule has 4 nitrogen and oxygen atoms in total. The number of carbonyl (C=O) groups is 1. The Balaban J connectivity index is 1.62. The number of aromatic nitrogens is 1. The maximum Gasteiger partial charge on any atom is 0.228 e. The van der Waals surface area contributed by atoms with E-state index in [4.69, 9.17) is 4.74 Å². The molecule has 0 unspecified atom stereocenters. The predicted octanol–water partition coefficient (Wildman–Crippen LogP) is 3.37. The van der Waals surface area contributed by atoms with Crippen LogP contribution in [0.5, 0.6) is 5.75 Å². The highest BCUT2D eigenvalue weighted by molar-refractivity contribution is 7.10. The van der Waals surface area contributed by atoms with Crippen molar-refractivity contribution in [2.75, 3.05) is 13.7 Å². The molecular formula is C18H18N2O2S. The number of benzene rings is 1. The average molecular weight is 326 g/mol. The molecule has 1 aromatic carbocycles. The van der Waals surface area contributed by atoms with Gasteiger partial charge in [-0.1, -0.05) is 18.2 Å². The second-order valence-electron chi connectivity index (χ2n) is 5.79. The topological polar surface area (TPSA) is 45.3 Å². The Labute approximate surface area is 138 Å². The van der Waals surface area contributed by atoms with Crippen molar-refractivity contribution in [1.29, 1.82) is 0 Å². The lowest BCUT2D eigenvalue weighted by Crippen LogP contribution is -2.36. The molecule has 3 aromatic rings. The molecule has 1 aliphatic rings. The number of aromatic amines is 1. The number of ether oxygens (including phenoxy) is 1. The molecule has 5 heteroatoms. The molecule has 23 heavy (non-hydrogen) atoms. The van der Waals surface area contributed by atoms with Gasteiger partial charge in [-0.15, -0.1) is 11.3 Å². The van der Waals surface area contributed by atoms with Gasteiger partial charge in [0.15, 0.2) is 0 Å². The van der Waals surface area contributed by atoms with Gasteiger partial charge in [0, 0.05) is 41.0 Å². The molecule has 0 bridgehead atoms. The summed E-state index contributed by atoms with van der Waals surface area (Å²) in [6.45, 7) is 1.44. The molecule has 0 atom stereocenters. The van der Waals surface area contributed by atoms with E-state index in [9.17, 15) is 4.79 Å². The van der Waals surface area contributed by atoms with Crippen molar-refractivity contribution in [3.8, 4) is 5.75 Å². The molecule has 0 saturated carbocycles. The Kier molecular flexibility index (Phi) is 3.58. The van der Waals surface area contributed by atoms with Gasteiger partial charge in [-0.3, -0.25) is 4.79 Å². The first-order valence-corrected chi connectivity index (χ1v) is 8.61. The summed E-state index contributed by atoms with van der Waals surface area (Å²) in [4.78, 5) is 19.1. The molecule has 0 spiro atoms. The number of rotatable bonds is 3. The number of fused-ring (bicyclic) bond motifs is 3. The number of amides is 1. The largest absolute Gasteiger partial charge is 0.495 e. The quantitative estimate of drug-likeness (QED) is 0.802. The first-order valence-electron chi connectivity index (χ1n) is 7.73. The van der Waals surface area contributed by atoms with Crippen molar-refractivity contribution in [2.24, 2.45) is 0 Å². The summed E-state index contributed by atoms with van der Waals surface area (Å²) >= 11 is 1.64. The predicted molar refractivity (Wildman–Crippen MR) is 92.0 cm³/mol. The van der Waals surface area contributed by atoms with E-state index < -0.39 is 0 Å². The van der Waals surface area contributed by atoms with Crippen LogP contribution in [0.1, 0.15) is 16.1 Å². The maximum atomic E-state index is 12.6. The van der Waals surface area contributed by atoms with Gasteiger partial charge in [0.2, 0.25) is 5.91 Å². The summed E-state index contributed by atoms with van der Waals surface area (Å²) in [7, 11) is 1.69. The molecule has 0 radical (unpaired) electrons. The van der Waals surface area contributed by atoms with Crippen LogP contribution in [-0.2, 0) is 24.2 Å². The van der Waals surface area contributed by atoms with Crippen molar-refractivity contribution >= 4 is 28.1 Å². The van der Waals surface area contributed by atoms with Gasteiger partial charge < -0.3 is 14.6 Å². The number of thiophene rings is 1. The third kappa shape index (κ3) is 2.51. The van der Waals surface area contributed by atoms with E-state index in [1.54, 1.807) is 18.4 Å². The molecule has 118 valence electrons. The van der Waals surface area contributed by atoms with Gasteiger partial charge in [-0.2, -0.15) is 0 Å². The van der Waals surface area contributed by atoms with Crippen LogP contribution in [0.4, 0.5) is 0 Å². The molecule has 0 fully saturated rings. The summed E-state index contributed by atoms with van der Waals surface area (Å²) in [6, 6.07) is 10.1. The minimum Gasteiger partial charge on any atom is -0.495 e. The molecule has 4 rings (SSSR count). The van der Waals surface area contributed by atoms with Crippen LogP contribution < -0.4 is 4.74 Å². The zero-order chi connectivity index (χ0) is 15.8. The van der Waals surface area contributed by atoms with Crippen LogP contribution in [0.25, 0.3) is 10.9 Å². The zero-order valence-corrected chi connectivity index (χ0v) is 13.8. The number of methoxy groups -OCH3 is 1. The van der Waals surface area contributed by atoms with Crippen molar-refractivity contribution < 1.29 is 9.53 Å². The third-order valence-corrected chi connectivity index (χ3v) is 5.33. The molecular weight excluding hydrogens is 308 g/mol. The Morgan fingerprint density at radius 3 is 3.04 bits per heavy atom. The molecule has 1 aliphatic heterocycles. The first-order chi connectivity index (χ1) is 11.3. The number of carbonyl (C=O) groups excluding carboxylic acids is 1. The lowest BCUT2D eigenvalue weighted by atomic mass is 10.0. The molecule has 3 heterocycles. The van der Waals surface area contributed by atoms with Crippen LogP contribution in [0.3, 0.4) is 0 Å². The zero-order valence-electron chi connectivity index (χ0n) is 13.0. The van der Waals surface area contributed by atoms with Crippen LogP contribution in [0.15, 0.2) is 35.7 Å². The van der Waals surface area contributed by atoms with E-state index in [1.165, 1.54) is 11.3 Å². The summed E-state index contributed by atoms with van der Waals surface area (Å²) in [5.74, 6) is 1.06. The lowest BCUT2D eigenvalue weighted by molar-refractivity contribution is -0.131. The summed E-state index contributed by atoms with van der Waals surface area (Å²) < 4.78 is 5.44. The number of H-pyrrole nitrogens is 1. The lowest BCUT2D eigenvalue weighted by Gasteiger charge is -2.27. The minimum absolute atomic E-state index is 0.204.